The van der Waals surface area contributed by atoms with Crippen LogP contribution in [0.4, 0.5) is 5.82 Å². The number of hydrogen-bond acceptors (Lipinski definition) is 3. The van der Waals surface area contributed by atoms with E-state index < -0.39 is 0 Å². The average molecular weight is 247 g/mol. The lowest BCUT2D eigenvalue weighted by molar-refractivity contribution is -0.132. The van der Waals surface area contributed by atoms with Crippen molar-refractivity contribution in [1.29, 1.82) is 0 Å². The Kier molecular flexibility index (Phi) is 4.18. The van der Waals surface area contributed by atoms with Gasteiger partial charge < -0.3 is 10.2 Å². The van der Waals surface area contributed by atoms with Crippen LogP contribution in [-0.2, 0) is 4.79 Å². The van der Waals surface area contributed by atoms with Gasteiger partial charge in [0.15, 0.2) is 0 Å². The molecule has 1 unspecified atom stereocenters. The molecular weight excluding hydrogens is 226 g/mol. The predicted octanol–water partition coefficient (Wildman–Crippen LogP) is 2.20. The second-order valence-electron chi connectivity index (χ2n) is 4.97. The van der Waals surface area contributed by atoms with Gasteiger partial charge in [0, 0.05) is 19.3 Å². The Labute approximate surface area is 108 Å². The molecular formula is C14H21N3O. The Bertz CT molecular complexity index is 413. The lowest BCUT2D eigenvalue weighted by Gasteiger charge is -2.29. The van der Waals surface area contributed by atoms with Crippen LogP contribution in [0.15, 0.2) is 18.3 Å². The van der Waals surface area contributed by atoms with Crippen LogP contribution in [-0.4, -0.2) is 34.9 Å². The minimum absolute atomic E-state index is 0.179. The lowest BCUT2D eigenvalue weighted by atomic mass is 10.1. The van der Waals surface area contributed by atoms with E-state index in [2.05, 4.69) is 10.3 Å². The first-order valence-electron chi connectivity index (χ1n) is 6.65. The number of hydrogen-bond donors (Lipinski definition) is 1. The number of nitrogens with one attached hydrogen (secondary N) is 1. The molecule has 0 aromatic carbocycles. The van der Waals surface area contributed by atoms with E-state index in [4.69, 9.17) is 0 Å². The van der Waals surface area contributed by atoms with Gasteiger partial charge in [-0.3, -0.25) is 4.79 Å². The van der Waals surface area contributed by atoms with Crippen molar-refractivity contribution in [3.63, 3.8) is 0 Å². The van der Waals surface area contributed by atoms with Gasteiger partial charge in [0.25, 0.3) is 0 Å². The Morgan fingerprint density at radius 2 is 2.11 bits per heavy atom. The number of carbonyl (C=O) groups excluding carboxylic acids is 1. The summed E-state index contributed by atoms with van der Waals surface area (Å²) in [5.74, 6) is 0.950. The summed E-state index contributed by atoms with van der Waals surface area (Å²) in [5.41, 5.74) is 1.14. The summed E-state index contributed by atoms with van der Waals surface area (Å²) in [6.07, 6.45) is 5.25. The second kappa shape index (κ2) is 5.85. The minimum Gasteiger partial charge on any atom is -0.359 e. The van der Waals surface area contributed by atoms with Crippen molar-refractivity contribution in [1.82, 2.24) is 9.88 Å². The lowest BCUT2D eigenvalue weighted by Crippen LogP contribution is -2.44. The standard InChI is InChI=1S/C14H21N3O/c1-11-6-7-15-13(10-11)16-12(2)14(18)17-8-4-3-5-9-17/h6-7,10,12H,3-5,8-9H2,1-2H3,(H,15,16). The number of aromatic nitrogens is 1. The Morgan fingerprint density at radius 1 is 1.39 bits per heavy atom. The third-order valence-electron chi connectivity index (χ3n) is 3.32. The van der Waals surface area contributed by atoms with E-state index in [0.717, 1.165) is 37.3 Å². The number of carbonyl (C=O) groups is 1. The summed E-state index contributed by atoms with van der Waals surface area (Å²) >= 11 is 0. The van der Waals surface area contributed by atoms with Gasteiger partial charge in [-0.1, -0.05) is 0 Å². The molecule has 0 aliphatic carbocycles. The number of likely N-dealkylation sites (tertiary alicyclic amines) is 1. The molecule has 1 aromatic heterocycles. The fraction of sp³-hybridized carbons (Fsp3) is 0.571. The SMILES string of the molecule is Cc1ccnc(NC(C)C(=O)N2CCCCC2)c1. The van der Waals surface area contributed by atoms with Gasteiger partial charge in [-0.15, -0.1) is 0 Å². The Balaban J connectivity index is 1.94. The summed E-state index contributed by atoms with van der Waals surface area (Å²) in [6, 6.07) is 3.69. The first-order chi connectivity index (χ1) is 8.66. The molecule has 1 aromatic rings. The first-order valence-corrected chi connectivity index (χ1v) is 6.65. The number of pyridine rings is 1. The van der Waals surface area contributed by atoms with Gasteiger partial charge in [0.1, 0.15) is 11.9 Å². The van der Waals surface area contributed by atoms with Crippen LogP contribution >= 0.6 is 0 Å². The third-order valence-corrected chi connectivity index (χ3v) is 3.32. The molecule has 4 heteroatoms. The zero-order valence-corrected chi connectivity index (χ0v) is 11.1. The third kappa shape index (κ3) is 3.22. The topological polar surface area (TPSA) is 45.2 Å². The van der Waals surface area contributed by atoms with Gasteiger partial charge in [0.2, 0.25) is 5.91 Å². The smallest absolute Gasteiger partial charge is 0.244 e. The van der Waals surface area contributed by atoms with Gasteiger partial charge in [-0.2, -0.15) is 0 Å². The average Bonchev–Trinajstić information content (AvgIpc) is 2.39. The van der Waals surface area contributed by atoms with Gasteiger partial charge >= 0.3 is 0 Å². The van der Waals surface area contributed by atoms with E-state index in [-0.39, 0.29) is 11.9 Å². The molecule has 0 spiro atoms. The number of amides is 1. The molecule has 4 nitrogen and oxygen atoms in total. The van der Waals surface area contributed by atoms with Crippen LogP contribution < -0.4 is 5.32 Å². The molecule has 98 valence electrons. The maximum absolute atomic E-state index is 12.2. The van der Waals surface area contributed by atoms with Gasteiger partial charge in [-0.25, -0.2) is 4.98 Å². The van der Waals surface area contributed by atoms with Crippen molar-refractivity contribution in [3.8, 4) is 0 Å². The van der Waals surface area contributed by atoms with Crippen LogP contribution in [0.3, 0.4) is 0 Å². The summed E-state index contributed by atoms with van der Waals surface area (Å²) < 4.78 is 0. The summed E-state index contributed by atoms with van der Waals surface area (Å²) in [5, 5.41) is 3.18. The number of aryl methyl sites for hydroxylation is 1. The molecule has 1 aliphatic rings. The summed E-state index contributed by atoms with van der Waals surface area (Å²) in [7, 11) is 0. The summed E-state index contributed by atoms with van der Waals surface area (Å²) in [6.45, 7) is 5.71. The maximum atomic E-state index is 12.2. The fourth-order valence-electron chi connectivity index (χ4n) is 2.29. The van der Waals surface area contributed by atoms with E-state index in [1.165, 1.54) is 6.42 Å². The molecule has 1 amide bonds. The van der Waals surface area contributed by atoms with Crippen molar-refractivity contribution in [2.24, 2.45) is 0 Å². The van der Waals surface area contributed by atoms with E-state index in [1.807, 2.05) is 30.9 Å². The highest BCUT2D eigenvalue weighted by Crippen LogP contribution is 2.12. The van der Waals surface area contributed by atoms with Crippen LogP contribution in [0.1, 0.15) is 31.7 Å². The molecule has 0 saturated carbocycles. The van der Waals surface area contributed by atoms with Crippen LogP contribution in [0.25, 0.3) is 0 Å². The quantitative estimate of drug-likeness (QED) is 0.890. The van der Waals surface area contributed by atoms with Crippen LogP contribution in [0, 0.1) is 6.92 Å². The van der Waals surface area contributed by atoms with E-state index in [9.17, 15) is 4.79 Å². The molecule has 1 aliphatic heterocycles. The monoisotopic (exact) mass is 247 g/mol. The van der Waals surface area contributed by atoms with Crippen molar-refractivity contribution >= 4 is 11.7 Å². The molecule has 1 fully saturated rings. The maximum Gasteiger partial charge on any atom is 0.244 e. The Morgan fingerprint density at radius 3 is 2.78 bits per heavy atom. The largest absolute Gasteiger partial charge is 0.359 e. The molecule has 2 rings (SSSR count). The first kappa shape index (κ1) is 12.9. The normalized spacial score (nSPS) is 17.3. The number of anilines is 1. The highest BCUT2D eigenvalue weighted by molar-refractivity contribution is 5.84. The molecule has 1 atom stereocenters. The number of rotatable bonds is 3. The summed E-state index contributed by atoms with van der Waals surface area (Å²) in [4.78, 5) is 18.4. The molecule has 0 radical (unpaired) electrons. The Hall–Kier alpha value is -1.58. The van der Waals surface area contributed by atoms with Crippen LogP contribution in [0.5, 0.6) is 0 Å². The fourth-order valence-corrected chi connectivity index (χ4v) is 2.29. The van der Waals surface area contributed by atoms with E-state index >= 15 is 0 Å². The van der Waals surface area contributed by atoms with E-state index in [0.29, 0.717) is 0 Å². The van der Waals surface area contributed by atoms with Gasteiger partial charge in [0.05, 0.1) is 0 Å². The second-order valence-corrected chi connectivity index (χ2v) is 4.97. The highest BCUT2D eigenvalue weighted by atomic mass is 16.2. The van der Waals surface area contributed by atoms with Crippen LogP contribution in [0.2, 0.25) is 0 Å². The molecule has 18 heavy (non-hydrogen) atoms. The molecule has 0 bridgehead atoms. The van der Waals surface area contributed by atoms with E-state index in [1.54, 1.807) is 6.20 Å². The minimum atomic E-state index is -0.211. The zero-order valence-electron chi connectivity index (χ0n) is 11.1. The van der Waals surface area contributed by atoms with Crippen molar-refractivity contribution in [3.05, 3.63) is 23.9 Å². The molecule has 1 N–H and O–H groups in total. The predicted molar refractivity (Wildman–Crippen MR) is 72.5 cm³/mol. The molecule has 1 saturated heterocycles. The number of nitrogens with zero attached hydrogens (tertiary/aromatic N) is 2. The van der Waals surface area contributed by atoms with Crippen molar-refractivity contribution in [2.45, 2.75) is 39.2 Å². The van der Waals surface area contributed by atoms with Crippen molar-refractivity contribution < 1.29 is 4.79 Å². The highest BCUT2D eigenvalue weighted by Gasteiger charge is 2.22. The molecule has 2 heterocycles. The van der Waals surface area contributed by atoms with Gasteiger partial charge in [-0.05, 0) is 50.8 Å². The number of piperidine rings is 1. The van der Waals surface area contributed by atoms with Crippen molar-refractivity contribution in [2.75, 3.05) is 18.4 Å². The zero-order chi connectivity index (χ0) is 13.0.